The second-order valence-corrected chi connectivity index (χ2v) is 6.67. The van der Waals surface area contributed by atoms with E-state index in [0.29, 0.717) is 17.2 Å². The third-order valence-corrected chi connectivity index (χ3v) is 4.66. The van der Waals surface area contributed by atoms with Gasteiger partial charge >= 0.3 is 0 Å². The molecule has 0 N–H and O–H groups in total. The predicted molar refractivity (Wildman–Crippen MR) is 96.7 cm³/mol. The molecule has 0 radical (unpaired) electrons. The quantitative estimate of drug-likeness (QED) is 0.774. The molecule has 0 unspecified atom stereocenters. The van der Waals surface area contributed by atoms with Gasteiger partial charge in [-0.25, -0.2) is 0 Å². The molecule has 3 rings (SSSR count). The van der Waals surface area contributed by atoms with Crippen LogP contribution in [-0.2, 0) is 0 Å². The SMILES string of the molecule is CC(C)N1CCC(Oc2ccc(C(=O)c3ccccc3)cc2)CC1. The van der Waals surface area contributed by atoms with Crippen LogP contribution in [0, 0.1) is 0 Å². The molecule has 0 aliphatic carbocycles. The topological polar surface area (TPSA) is 29.5 Å². The van der Waals surface area contributed by atoms with Crippen molar-refractivity contribution in [2.75, 3.05) is 13.1 Å². The normalized spacial score (nSPS) is 16.3. The van der Waals surface area contributed by atoms with Crippen molar-refractivity contribution in [2.24, 2.45) is 0 Å². The number of piperidine rings is 1. The van der Waals surface area contributed by atoms with Crippen molar-refractivity contribution >= 4 is 5.78 Å². The Kier molecular flexibility index (Phi) is 5.31. The average Bonchev–Trinajstić information content (AvgIpc) is 2.63. The van der Waals surface area contributed by atoms with E-state index in [9.17, 15) is 4.79 Å². The summed E-state index contributed by atoms with van der Waals surface area (Å²) in [6.07, 6.45) is 2.39. The van der Waals surface area contributed by atoms with Crippen LogP contribution in [0.15, 0.2) is 54.6 Å². The number of carbonyl (C=O) groups is 1. The summed E-state index contributed by atoms with van der Waals surface area (Å²) in [4.78, 5) is 14.9. The third-order valence-electron chi connectivity index (χ3n) is 4.66. The third kappa shape index (κ3) is 4.04. The zero-order valence-corrected chi connectivity index (χ0v) is 14.4. The van der Waals surface area contributed by atoms with Crippen LogP contribution in [0.2, 0.25) is 0 Å². The number of ether oxygens (including phenoxy) is 1. The van der Waals surface area contributed by atoms with Gasteiger partial charge in [-0.1, -0.05) is 30.3 Å². The van der Waals surface area contributed by atoms with Crippen molar-refractivity contribution in [1.29, 1.82) is 0 Å². The molecule has 0 spiro atoms. The molecule has 1 fully saturated rings. The smallest absolute Gasteiger partial charge is 0.193 e. The predicted octanol–water partition coefficient (Wildman–Crippen LogP) is 4.17. The zero-order valence-electron chi connectivity index (χ0n) is 14.4. The molecule has 0 atom stereocenters. The molecule has 0 aromatic heterocycles. The number of ketones is 1. The summed E-state index contributed by atoms with van der Waals surface area (Å²) in [5.41, 5.74) is 1.41. The summed E-state index contributed by atoms with van der Waals surface area (Å²) in [5, 5.41) is 0. The van der Waals surface area contributed by atoms with Gasteiger partial charge in [0.25, 0.3) is 0 Å². The molecule has 1 aliphatic heterocycles. The first kappa shape index (κ1) is 16.7. The number of nitrogens with zero attached hydrogens (tertiary/aromatic N) is 1. The first-order valence-electron chi connectivity index (χ1n) is 8.74. The maximum Gasteiger partial charge on any atom is 0.193 e. The fourth-order valence-corrected chi connectivity index (χ4v) is 3.14. The highest BCUT2D eigenvalue weighted by Gasteiger charge is 2.22. The van der Waals surface area contributed by atoms with Gasteiger partial charge in [-0.2, -0.15) is 0 Å². The van der Waals surface area contributed by atoms with E-state index in [1.54, 1.807) is 0 Å². The van der Waals surface area contributed by atoms with Gasteiger partial charge in [0.05, 0.1) is 0 Å². The highest BCUT2D eigenvalue weighted by molar-refractivity contribution is 6.08. The number of benzene rings is 2. The minimum absolute atomic E-state index is 0.0485. The highest BCUT2D eigenvalue weighted by Crippen LogP contribution is 2.21. The van der Waals surface area contributed by atoms with E-state index in [-0.39, 0.29) is 11.9 Å². The molecule has 1 aliphatic rings. The molecule has 0 amide bonds. The van der Waals surface area contributed by atoms with E-state index in [1.807, 2.05) is 54.6 Å². The lowest BCUT2D eigenvalue weighted by Gasteiger charge is -2.34. The number of carbonyl (C=O) groups excluding carboxylic acids is 1. The number of rotatable bonds is 5. The minimum atomic E-state index is 0.0485. The standard InChI is InChI=1S/C21H25NO2/c1-16(2)22-14-12-20(13-15-22)24-19-10-8-18(9-11-19)21(23)17-6-4-3-5-7-17/h3-11,16,20H,12-15H2,1-2H3. The van der Waals surface area contributed by atoms with Crippen LogP contribution in [0.5, 0.6) is 5.75 Å². The van der Waals surface area contributed by atoms with Crippen molar-refractivity contribution in [1.82, 2.24) is 4.90 Å². The maximum absolute atomic E-state index is 12.4. The Hall–Kier alpha value is -2.13. The maximum atomic E-state index is 12.4. The van der Waals surface area contributed by atoms with E-state index in [4.69, 9.17) is 4.74 Å². The Morgan fingerprint density at radius 1 is 0.958 bits per heavy atom. The van der Waals surface area contributed by atoms with Crippen LogP contribution in [0.1, 0.15) is 42.6 Å². The van der Waals surface area contributed by atoms with E-state index >= 15 is 0 Å². The molecular weight excluding hydrogens is 298 g/mol. The monoisotopic (exact) mass is 323 g/mol. The Bertz CT molecular complexity index is 656. The largest absolute Gasteiger partial charge is 0.490 e. The lowest BCUT2D eigenvalue weighted by atomic mass is 10.0. The summed E-state index contributed by atoms with van der Waals surface area (Å²) in [5.74, 6) is 0.898. The van der Waals surface area contributed by atoms with Crippen molar-refractivity contribution in [3.05, 3.63) is 65.7 Å². The van der Waals surface area contributed by atoms with E-state index in [1.165, 1.54) is 0 Å². The molecular formula is C21H25NO2. The molecule has 1 heterocycles. The summed E-state index contributed by atoms with van der Waals surface area (Å²) >= 11 is 0. The van der Waals surface area contributed by atoms with Gasteiger partial charge in [0.2, 0.25) is 0 Å². The Morgan fingerprint density at radius 3 is 2.12 bits per heavy atom. The van der Waals surface area contributed by atoms with Crippen LogP contribution in [0.4, 0.5) is 0 Å². The molecule has 2 aromatic carbocycles. The highest BCUT2D eigenvalue weighted by atomic mass is 16.5. The van der Waals surface area contributed by atoms with Gasteiger partial charge in [-0.15, -0.1) is 0 Å². The minimum Gasteiger partial charge on any atom is -0.490 e. The van der Waals surface area contributed by atoms with Crippen LogP contribution in [-0.4, -0.2) is 35.9 Å². The van der Waals surface area contributed by atoms with Crippen LogP contribution >= 0.6 is 0 Å². The Labute approximate surface area is 144 Å². The molecule has 3 nitrogen and oxygen atoms in total. The summed E-state index contributed by atoms with van der Waals surface area (Å²) in [6, 6.07) is 17.5. The second-order valence-electron chi connectivity index (χ2n) is 6.67. The number of hydrogen-bond donors (Lipinski definition) is 0. The van der Waals surface area contributed by atoms with Crippen molar-refractivity contribution < 1.29 is 9.53 Å². The van der Waals surface area contributed by atoms with Gasteiger partial charge in [-0.05, 0) is 51.0 Å². The van der Waals surface area contributed by atoms with Gasteiger partial charge in [0.15, 0.2) is 5.78 Å². The Morgan fingerprint density at radius 2 is 1.54 bits per heavy atom. The van der Waals surface area contributed by atoms with E-state index in [2.05, 4.69) is 18.7 Å². The first-order valence-corrected chi connectivity index (χ1v) is 8.74. The fourth-order valence-electron chi connectivity index (χ4n) is 3.14. The lowest BCUT2D eigenvalue weighted by Crippen LogP contribution is -2.41. The first-order chi connectivity index (χ1) is 11.6. The van der Waals surface area contributed by atoms with Crippen LogP contribution in [0.3, 0.4) is 0 Å². The summed E-state index contributed by atoms with van der Waals surface area (Å²) in [7, 11) is 0. The van der Waals surface area contributed by atoms with E-state index < -0.39 is 0 Å². The van der Waals surface area contributed by atoms with Crippen LogP contribution < -0.4 is 4.74 Å². The molecule has 3 heteroatoms. The second kappa shape index (κ2) is 7.63. The summed E-state index contributed by atoms with van der Waals surface area (Å²) < 4.78 is 6.09. The average molecular weight is 323 g/mol. The fraction of sp³-hybridized carbons (Fsp3) is 0.381. The van der Waals surface area contributed by atoms with Gasteiger partial charge < -0.3 is 9.64 Å². The van der Waals surface area contributed by atoms with Crippen LogP contribution in [0.25, 0.3) is 0 Å². The number of hydrogen-bond acceptors (Lipinski definition) is 3. The molecule has 24 heavy (non-hydrogen) atoms. The number of likely N-dealkylation sites (tertiary alicyclic amines) is 1. The zero-order chi connectivity index (χ0) is 16.9. The molecule has 0 saturated carbocycles. The Balaban J connectivity index is 1.58. The van der Waals surface area contributed by atoms with Gasteiger partial charge in [0, 0.05) is 30.3 Å². The van der Waals surface area contributed by atoms with Crippen molar-refractivity contribution in [3.8, 4) is 5.75 Å². The van der Waals surface area contributed by atoms with Gasteiger partial charge in [0.1, 0.15) is 11.9 Å². The van der Waals surface area contributed by atoms with Crippen molar-refractivity contribution in [3.63, 3.8) is 0 Å². The lowest BCUT2D eigenvalue weighted by molar-refractivity contribution is 0.0843. The van der Waals surface area contributed by atoms with E-state index in [0.717, 1.165) is 31.7 Å². The van der Waals surface area contributed by atoms with Crippen molar-refractivity contribution in [2.45, 2.75) is 38.8 Å². The molecule has 0 bridgehead atoms. The van der Waals surface area contributed by atoms with Gasteiger partial charge in [-0.3, -0.25) is 4.79 Å². The summed E-state index contributed by atoms with van der Waals surface area (Å²) in [6.45, 7) is 6.66. The molecule has 1 saturated heterocycles. The molecule has 2 aromatic rings. The molecule has 126 valence electrons.